The van der Waals surface area contributed by atoms with Crippen molar-refractivity contribution >= 4 is 11.5 Å². The number of aromatic nitrogens is 1. The lowest BCUT2D eigenvalue weighted by Gasteiger charge is -2.44. The molecule has 0 radical (unpaired) electrons. The molecular weight excluding hydrogens is 413 g/mol. The molecule has 0 bridgehead atoms. The van der Waals surface area contributed by atoms with Gasteiger partial charge < -0.3 is 10.2 Å². The Balaban J connectivity index is 1.44. The Labute approximate surface area is 188 Å². The van der Waals surface area contributed by atoms with E-state index in [0.29, 0.717) is 36.7 Å². The number of hydrogen-bond donors (Lipinski definition) is 1. The number of pyridine rings is 1. The van der Waals surface area contributed by atoms with Crippen LogP contribution >= 0.6 is 0 Å². The third-order valence-electron chi connectivity index (χ3n) is 7.90. The average Bonchev–Trinajstić information content (AvgIpc) is 3.42. The van der Waals surface area contributed by atoms with Crippen LogP contribution in [-0.2, 0) is 19.1 Å². The van der Waals surface area contributed by atoms with Crippen LogP contribution in [-0.4, -0.2) is 43.2 Å². The van der Waals surface area contributed by atoms with E-state index in [1.807, 2.05) is 4.90 Å². The molecule has 172 valence electrons. The van der Waals surface area contributed by atoms with E-state index in [1.165, 1.54) is 48.7 Å². The molecule has 32 heavy (non-hydrogen) atoms. The summed E-state index contributed by atoms with van der Waals surface area (Å²) in [6.07, 6.45) is 0.225. The van der Waals surface area contributed by atoms with Gasteiger partial charge in [-0.2, -0.15) is 13.2 Å². The van der Waals surface area contributed by atoms with Gasteiger partial charge in [-0.15, -0.1) is 0 Å². The first-order valence-electron chi connectivity index (χ1n) is 11.8. The van der Waals surface area contributed by atoms with Crippen molar-refractivity contribution in [1.29, 1.82) is 0 Å². The lowest BCUT2D eigenvalue weighted by molar-refractivity contribution is -0.137. The van der Waals surface area contributed by atoms with Crippen LogP contribution in [0.4, 0.5) is 24.7 Å². The molecule has 5 rings (SSSR count). The number of nitrogens with zero attached hydrogens (tertiary/aromatic N) is 3. The van der Waals surface area contributed by atoms with Crippen molar-refractivity contribution in [3.8, 4) is 0 Å². The maximum Gasteiger partial charge on any atom is 0.416 e. The number of anilines is 1. The molecule has 3 aliphatic rings. The Hall–Kier alpha value is -2.12. The van der Waals surface area contributed by atoms with Crippen molar-refractivity contribution in [3.63, 3.8) is 0 Å². The first-order chi connectivity index (χ1) is 15.3. The first-order valence-corrected chi connectivity index (χ1v) is 11.8. The molecule has 0 aliphatic carbocycles. The summed E-state index contributed by atoms with van der Waals surface area (Å²) in [5, 5.41) is 3.56. The highest BCUT2D eigenvalue weighted by Crippen LogP contribution is 2.41. The average molecular weight is 446 g/mol. The van der Waals surface area contributed by atoms with Gasteiger partial charge >= 0.3 is 6.18 Å². The third kappa shape index (κ3) is 3.69. The Morgan fingerprint density at radius 3 is 2.66 bits per heavy atom. The highest BCUT2D eigenvalue weighted by Gasteiger charge is 2.48. The summed E-state index contributed by atoms with van der Waals surface area (Å²) in [5.74, 6) is 0.417. The van der Waals surface area contributed by atoms with Crippen LogP contribution in [0, 0.1) is 6.92 Å². The molecule has 7 heteroatoms. The fourth-order valence-electron chi connectivity index (χ4n) is 6.24. The summed E-state index contributed by atoms with van der Waals surface area (Å²) in [7, 11) is 0. The zero-order chi connectivity index (χ0) is 22.5. The fraction of sp³-hybridized carbons (Fsp3) is 0.560. The summed E-state index contributed by atoms with van der Waals surface area (Å²) in [5.41, 5.74) is 3.73. The Bertz CT molecular complexity index is 999. The molecule has 1 aromatic heterocycles. The number of nitrogens with one attached hydrogen (secondary N) is 1. The maximum absolute atomic E-state index is 13.3. The smallest absolute Gasteiger partial charge is 0.352 e. The summed E-state index contributed by atoms with van der Waals surface area (Å²) in [6, 6.07) is 10.4. The van der Waals surface area contributed by atoms with Gasteiger partial charge in [-0.3, -0.25) is 4.48 Å². The number of hydrogen-bond acceptors (Lipinski definition) is 3. The molecule has 1 N–H and O–H groups in total. The van der Waals surface area contributed by atoms with E-state index < -0.39 is 11.7 Å². The van der Waals surface area contributed by atoms with Crippen molar-refractivity contribution in [2.45, 2.75) is 64.3 Å². The van der Waals surface area contributed by atoms with E-state index in [0.717, 1.165) is 30.1 Å². The second-order valence-electron chi connectivity index (χ2n) is 9.77. The van der Waals surface area contributed by atoms with Gasteiger partial charge in [0.15, 0.2) is 0 Å². The van der Waals surface area contributed by atoms with Crippen molar-refractivity contribution in [1.82, 2.24) is 14.8 Å². The standard InChI is InChI=1S/C25H32F3N4/c1-17-12-21(25(26,27)28)14-24(30-17)31-10-8-19-13-22(6-5-20(19)16-31)32(11-3-4-18(32)2)23-7-9-29-15-23/h5-6,12-14,18,23,29H,3-4,7-11,15-16H2,1-2H3/q+1/t18-,23-,32?/m0/s1. The second kappa shape index (κ2) is 8.03. The Morgan fingerprint density at radius 2 is 1.97 bits per heavy atom. The lowest BCUT2D eigenvalue weighted by atomic mass is 9.96. The molecule has 2 fully saturated rings. The van der Waals surface area contributed by atoms with Gasteiger partial charge in [-0.05, 0) is 49.6 Å². The largest absolute Gasteiger partial charge is 0.416 e. The first kappa shape index (κ1) is 21.7. The van der Waals surface area contributed by atoms with Crippen molar-refractivity contribution in [2.24, 2.45) is 0 Å². The number of fused-ring (bicyclic) bond motifs is 1. The van der Waals surface area contributed by atoms with Gasteiger partial charge in [0.25, 0.3) is 0 Å². The second-order valence-corrected chi connectivity index (χ2v) is 9.77. The summed E-state index contributed by atoms with van der Waals surface area (Å²) in [4.78, 5) is 6.39. The van der Waals surface area contributed by atoms with Crippen LogP contribution < -0.4 is 14.7 Å². The molecule has 0 saturated carbocycles. The summed E-state index contributed by atoms with van der Waals surface area (Å²) in [6.45, 7) is 8.69. The molecule has 0 amide bonds. The topological polar surface area (TPSA) is 28.2 Å². The maximum atomic E-state index is 13.3. The summed E-state index contributed by atoms with van der Waals surface area (Å²) < 4.78 is 41.0. The molecule has 0 spiro atoms. The predicted octanol–water partition coefficient (Wildman–Crippen LogP) is 4.82. The van der Waals surface area contributed by atoms with Gasteiger partial charge in [-0.1, -0.05) is 6.07 Å². The Kier molecular flexibility index (Phi) is 5.45. The molecular formula is C25H32F3N4+. The van der Waals surface area contributed by atoms with E-state index >= 15 is 0 Å². The van der Waals surface area contributed by atoms with E-state index in [-0.39, 0.29) is 0 Å². The van der Waals surface area contributed by atoms with Gasteiger partial charge in [0.05, 0.1) is 18.2 Å². The number of halogens is 3. The molecule has 2 aromatic rings. The highest BCUT2D eigenvalue weighted by atomic mass is 19.4. The van der Waals surface area contributed by atoms with Crippen LogP contribution in [0.5, 0.6) is 0 Å². The van der Waals surface area contributed by atoms with Crippen LogP contribution in [0.25, 0.3) is 0 Å². The minimum Gasteiger partial charge on any atom is -0.352 e. The lowest BCUT2D eigenvalue weighted by Crippen LogP contribution is -2.59. The van der Waals surface area contributed by atoms with Gasteiger partial charge in [0, 0.05) is 57.2 Å². The minimum atomic E-state index is -4.36. The minimum absolute atomic E-state index is 0.399. The highest BCUT2D eigenvalue weighted by molar-refractivity contribution is 5.54. The molecule has 4 nitrogen and oxygen atoms in total. The molecule has 3 aliphatic heterocycles. The summed E-state index contributed by atoms with van der Waals surface area (Å²) >= 11 is 0. The monoisotopic (exact) mass is 445 g/mol. The normalized spacial score (nSPS) is 28.2. The number of alkyl halides is 3. The molecule has 3 atom stereocenters. The SMILES string of the molecule is Cc1cc(C(F)(F)F)cc(N2CCc3cc([N+]4([C@H]5CCNC5)CCC[C@@H]4C)ccc3C2)n1. The van der Waals surface area contributed by atoms with Crippen molar-refractivity contribution in [3.05, 3.63) is 52.7 Å². The van der Waals surface area contributed by atoms with Crippen LogP contribution in [0.15, 0.2) is 30.3 Å². The predicted molar refractivity (Wildman–Crippen MR) is 122 cm³/mol. The Morgan fingerprint density at radius 1 is 1.12 bits per heavy atom. The van der Waals surface area contributed by atoms with E-state index in [9.17, 15) is 13.2 Å². The third-order valence-corrected chi connectivity index (χ3v) is 7.90. The van der Waals surface area contributed by atoms with Gasteiger partial charge in [0.2, 0.25) is 0 Å². The number of rotatable bonds is 3. The molecule has 1 aromatic carbocycles. The molecule has 2 saturated heterocycles. The van der Waals surface area contributed by atoms with Crippen LogP contribution in [0.2, 0.25) is 0 Å². The van der Waals surface area contributed by atoms with Gasteiger partial charge in [0.1, 0.15) is 17.5 Å². The van der Waals surface area contributed by atoms with E-state index in [1.54, 1.807) is 6.92 Å². The van der Waals surface area contributed by atoms with Gasteiger partial charge in [-0.25, -0.2) is 4.98 Å². The van der Waals surface area contributed by atoms with E-state index in [4.69, 9.17) is 0 Å². The fourth-order valence-corrected chi connectivity index (χ4v) is 6.24. The zero-order valence-electron chi connectivity index (χ0n) is 18.9. The zero-order valence-corrected chi connectivity index (χ0v) is 18.9. The van der Waals surface area contributed by atoms with Crippen molar-refractivity contribution < 1.29 is 13.2 Å². The number of benzene rings is 1. The number of aryl methyl sites for hydroxylation is 1. The molecule has 4 heterocycles. The quantitative estimate of drug-likeness (QED) is 0.687. The van der Waals surface area contributed by atoms with E-state index in [2.05, 4.69) is 35.4 Å². The molecule has 1 unspecified atom stereocenters. The van der Waals surface area contributed by atoms with Crippen molar-refractivity contribution in [2.75, 3.05) is 31.1 Å². The number of likely N-dealkylation sites (tertiary alicyclic amines) is 1. The number of quaternary nitrogens is 1. The van der Waals surface area contributed by atoms with Crippen LogP contribution in [0.3, 0.4) is 0 Å². The van der Waals surface area contributed by atoms with Crippen LogP contribution in [0.1, 0.15) is 48.6 Å².